The number of carboxylic acid groups (broad SMARTS) is 1. The van der Waals surface area contributed by atoms with Crippen molar-refractivity contribution in [2.75, 3.05) is 13.7 Å². The van der Waals surface area contributed by atoms with Gasteiger partial charge in [0, 0.05) is 24.8 Å². The van der Waals surface area contributed by atoms with Gasteiger partial charge in [0.05, 0.1) is 11.5 Å². The van der Waals surface area contributed by atoms with E-state index < -0.39 is 22.9 Å². The average Bonchev–Trinajstić information content (AvgIpc) is 2.37. The zero-order valence-corrected chi connectivity index (χ0v) is 11.0. The number of aliphatic carboxylic acids is 1. The van der Waals surface area contributed by atoms with Crippen LogP contribution in [0, 0.1) is 17.0 Å². The molecule has 0 saturated carbocycles. The molecule has 0 spiro atoms. The van der Waals surface area contributed by atoms with Crippen LogP contribution in [0.25, 0.3) is 0 Å². The number of nitrogens with zero attached hydrogens (tertiary/aromatic N) is 1. The fourth-order valence-corrected chi connectivity index (χ4v) is 1.56. The molecule has 0 fully saturated rings. The Labute approximate surface area is 114 Å². The minimum absolute atomic E-state index is 0.0944. The van der Waals surface area contributed by atoms with Crippen molar-refractivity contribution in [1.82, 2.24) is 5.32 Å². The molecule has 108 valence electrons. The number of benzene rings is 1. The molecule has 0 aliphatic rings. The summed E-state index contributed by atoms with van der Waals surface area (Å²) in [4.78, 5) is 32.7. The number of nitro benzene ring substituents is 1. The van der Waals surface area contributed by atoms with E-state index in [9.17, 15) is 19.7 Å². The van der Waals surface area contributed by atoms with E-state index in [0.717, 1.165) is 6.07 Å². The lowest BCUT2D eigenvalue weighted by Crippen LogP contribution is -2.37. The molecule has 0 aliphatic heterocycles. The number of rotatable bonds is 6. The number of carbonyl (C=O) groups excluding carboxylic acids is 1. The van der Waals surface area contributed by atoms with Crippen LogP contribution in [0.15, 0.2) is 18.2 Å². The van der Waals surface area contributed by atoms with Crippen molar-refractivity contribution < 1.29 is 24.4 Å². The van der Waals surface area contributed by atoms with Gasteiger partial charge in [0.25, 0.3) is 11.6 Å². The number of ether oxygens (including phenoxy) is 1. The lowest BCUT2D eigenvalue weighted by Gasteiger charge is -2.11. The van der Waals surface area contributed by atoms with Gasteiger partial charge in [-0.15, -0.1) is 0 Å². The number of carboxylic acids is 1. The maximum Gasteiger partial charge on any atom is 0.334 e. The molecule has 1 aromatic rings. The van der Waals surface area contributed by atoms with Gasteiger partial charge in [0.15, 0.2) is 6.10 Å². The smallest absolute Gasteiger partial charge is 0.334 e. The van der Waals surface area contributed by atoms with Crippen LogP contribution in [-0.2, 0) is 9.53 Å². The molecular formula is C12H14N2O6. The monoisotopic (exact) mass is 282 g/mol. The summed E-state index contributed by atoms with van der Waals surface area (Å²) >= 11 is 0. The van der Waals surface area contributed by atoms with Crippen LogP contribution >= 0.6 is 0 Å². The third-order valence-electron chi connectivity index (χ3n) is 2.54. The number of non-ortho nitro benzene ring substituents is 1. The second-order valence-corrected chi connectivity index (χ2v) is 4.09. The molecular weight excluding hydrogens is 268 g/mol. The molecule has 1 unspecified atom stereocenters. The maximum atomic E-state index is 11.8. The first kappa shape index (κ1) is 15.6. The van der Waals surface area contributed by atoms with Crippen LogP contribution in [0.5, 0.6) is 0 Å². The first-order chi connectivity index (χ1) is 9.35. The number of hydrogen-bond acceptors (Lipinski definition) is 5. The highest BCUT2D eigenvalue weighted by molar-refractivity contribution is 5.95. The predicted molar refractivity (Wildman–Crippen MR) is 68.6 cm³/mol. The van der Waals surface area contributed by atoms with Gasteiger partial charge in [0.2, 0.25) is 0 Å². The Kier molecular flexibility index (Phi) is 5.15. The van der Waals surface area contributed by atoms with Gasteiger partial charge in [0.1, 0.15) is 0 Å². The van der Waals surface area contributed by atoms with Crippen molar-refractivity contribution in [1.29, 1.82) is 0 Å². The van der Waals surface area contributed by atoms with E-state index in [1.807, 2.05) is 0 Å². The lowest BCUT2D eigenvalue weighted by molar-refractivity contribution is -0.384. The SMILES string of the molecule is COC(CNC(=O)c1cc(C)cc([N+](=O)[O-])c1)C(=O)O. The Balaban J connectivity index is 2.82. The first-order valence-electron chi connectivity index (χ1n) is 5.65. The Bertz CT molecular complexity index is 543. The van der Waals surface area contributed by atoms with E-state index in [0.29, 0.717) is 5.56 Å². The zero-order valence-electron chi connectivity index (χ0n) is 11.0. The number of methoxy groups -OCH3 is 1. The standard InChI is InChI=1S/C12H14N2O6/c1-7-3-8(5-9(4-7)14(18)19)11(15)13-6-10(20-2)12(16)17/h3-5,10H,6H2,1-2H3,(H,13,15)(H,16,17). The quantitative estimate of drug-likeness (QED) is 0.586. The van der Waals surface area contributed by atoms with Gasteiger partial charge in [-0.1, -0.05) is 0 Å². The summed E-state index contributed by atoms with van der Waals surface area (Å²) in [6.45, 7) is 1.39. The summed E-state index contributed by atoms with van der Waals surface area (Å²) in [6.07, 6.45) is -1.17. The van der Waals surface area contributed by atoms with Crippen LogP contribution in [0.1, 0.15) is 15.9 Å². The highest BCUT2D eigenvalue weighted by Crippen LogP contribution is 2.16. The molecule has 0 aromatic heterocycles. The molecule has 1 amide bonds. The van der Waals surface area contributed by atoms with Crippen LogP contribution in [-0.4, -0.2) is 41.7 Å². The first-order valence-corrected chi connectivity index (χ1v) is 5.65. The molecule has 20 heavy (non-hydrogen) atoms. The van der Waals surface area contributed by atoms with E-state index in [2.05, 4.69) is 10.1 Å². The van der Waals surface area contributed by atoms with Crippen molar-refractivity contribution in [3.8, 4) is 0 Å². The second kappa shape index (κ2) is 6.62. The van der Waals surface area contributed by atoms with E-state index in [4.69, 9.17) is 5.11 Å². The molecule has 2 N–H and O–H groups in total. The van der Waals surface area contributed by atoms with Gasteiger partial charge in [-0.25, -0.2) is 4.79 Å². The number of hydrogen-bond donors (Lipinski definition) is 2. The van der Waals surface area contributed by atoms with Crippen molar-refractivity contribution >= 4 is 17.6 Å². The topological polar surface area (TPSA) is 119 Å². The normalized spacial score (nSPS) is 11.7. The number of carbonyl (C=O) groups is 2. The average molecular weight is 282 g/mol. The Morgan fingerprint density at radius 2 is 2.10 bits per heavy atom. The molecule has 0 heterocycles. The second-order valence-electron chi connectivity index (χ2n) is 4.09. The van der Waals surface area contributed by atoms with Gasteiger partial charge in [-0.2, -0.15) is 0 Å². The molecule has 0 aliphatic carbocycles. The molecule has 8 heteroatoms. The summed E-state index contributed by atoms with van der Waals surface area (Å²) in [7, 11) is 1.21. The molecule has 1 rings (SSSR count). The molecule has 0 bridgehead atoms. The van der Waals surface area contributed by atoms with Crippen LogP contribution in [0.3, 0.4) is 0 Å². The Morgan fingerprint density at radius 3 is 2.60 bits per heavy atom. The fourth-order valence-electron chi connectivity index (χ4n) is 1.56. The maximum absolute atomic E-state index is 11.8. The van der Waals surface area contributed by atoms with Crippen molar-refractivity contribution in [3.05, 3.63) is 39.4 Å². The number of nitro groups is 1. The minimum atomic E-state index is -1.21. The van der Waals surface area contributed by atoms with Gasteiger partial charge >= 0.3 is 5.97 Å². The lowest BCUT2D eigenvalue weighted by atomic mass is 10.1. The van der Waals surface area contributed by atoms with Crippen molar-refractivity contribution in [2.24, 2.45) is 0 Å². The van der Waals surface area contributed by atoms with Crippen LogP contribution in [0.4, 0.5) is 5.69 Å². The molecule has 0 radical (unpaired) electrons. The van der Waals surface area contributed by atoms with Crippen LogP contribution in [0.2, 0.25) is 0 Å². The van der Waals surface area contributed by atoms with Crippen molar-refractivity contribution in [2.45, 2.75) is 13.0 Å². The minimum Gasteiger partial charge on any atom is -0.479 e. The third kappa shape index (κ3) is 4.02. The molecule has 0 saturated heterocycles. The largest absolute Gasteiger partial charge is 0.479 e. The number of amides is 1. The Morgan fingerprint density at radius 1 is 1.45 bits per heavy atom. The Hall–Kier alpha value is -2.48. The van der Waals surface area contributed by atoms with Crippen LogP contribution < -0.4 is 5.32 Å². The third-order valence-corrected chi connectivity index (χ3v) is 2.54. The summed E-state index contributed by atoms with van der Waals surface area (Å²) in [5, 5.41) is 21.8. The van der Waals surface area contributed by atoms with E-state index >= 15 is 0 Å². The summed E-state index contributed by atoms with van der Waals surface area (Å²) in [5.41, 5.74) is 0.458. The summed E-state index contributed by atoms with van der Waals surface area (Å²) in [5.74, 6) is -1.80. The zero-order chi connectivity index (χ0) is 15.3. The fraction of sp³-hybridized carbons (Fsp3) is 0.333. The predicted octanol–water partition coefficient (Wildman–Crippen LogP) is 0.733. The van der Waals surface area contributed by atoms with E-state index in [1.54, 1.807) is 6.92 Å². The summed E-state index contributed by atoms with van der Waals surface area (Å²) in [6, 6.07) is 3.95. The highest BCUT2D eigenvalue weighted by atomic mass is 16.6. The number of aryl methyl sites for hydroxylation is 1. The molecule has 8 nitrogen and oxygen atoms in total. The van der Waals surface area contributed by atoms with E-state index in [1.165, 1.54) is 19.2 Å². The van der Waals surface area contributed by atoms with Gasteiger partial charge in [-0.05, 0) is 18.6 Å². The molecule has 1 aromatic carbocycles. The highest BCUT2D eigenvalue weighted by Gasteiger charge is 2.19. The summed E-state index contributed by atoms with van der Waals surface area (Å²) < 4.78 is 4.66. The van der Waals surface area contributed by atoms with Gasteiger partial charge < -0.3 is 15.2 Å². The van der Waals surface area contributed by atoms with Crippen molar-refractivity contribution in [3.63, 3.8) is 0 Å². The van der Waals surface area contributed by atoms with Gasteiger partial charge in [-0.3, -0.25) is 14.9 Å². The number of nitrogens with one attached hydrogen (secondary N) is 1. The molecule has 1 atom stereocenters. The van der Waals surface area contributed by atoms with E-state index in [-0.39, 0.29) is 17.8 Å².